The number of carboxylic acids is 1. The van der Waals surface area contributed by atoms with Gasteiger partial charge in [0.15, 0.2) is 0 Å². The van der Waals surface area contributed by atoms with Crippen molar-refractivity contribution in [2.24, 2.45) is 0 Å². The molecule has 0 aliphatic rings. The largest absolute Gasteiger partial charge is 0.478 e. The zero-order valence-corrected chi connectivity index (χ0v) is 10.4. The Balaban J connectivity index is 0.000000191. The van der Waals surface area contributed by atoms with Crippen LogP contribution in [0.5, 0.6) is 0 Å². The maximum Gasteiger partial charge on any atom is 0.337 e. The van der Waals surface area contributed by atoms with Crippen molar-refractivity contribution in [1.82, 2.24) is 0 Å². The van der Waals surface area contributed by atoms with Crippen LogP contribution in [0.25, 0.3) is 0 Å². The van der Waals surface area contributed by atoms with Crippen LogP contribution in [0, 0.1) is 0 Å². The van der Waals surface area contributed by atoms with E-state index in [1.807, 2.05) is 6.07 Å². The summed E-state index contributed by atoms with van der Waals surface area (Å²) < 4.78 is 4.50. The van der Waals surface area contributed by atoms with Gasteiger partial charge in [-0.25, -0.2) is 9.59 Å². The minimum Gasteiger partial charge on any atom is -0.478 e. The number of hydrogen-bond acceptors (Lipinski definition) is 3. The first-order chi connectivity index (χ1) is 9.15. The van der Waals surface area contributed by atoms with Gasteiger partial charge in [0.2, 0.25) is 0 Å². The van der Waals surface area contributed by atoms with Crippen LogP contribution in [0.1, 0.15) is 20.7 Å². The fourth-order valence-corrected chi connectivity index (χ4v) is 1.27. The Bertz CT molecular complexity index is 520. The van der Waals surface area contributed by atoms with Crippen LogP contribution in [0.3, 0.4) is 0 Å². The first-order valence-electron chi connectivity index (χ1n) is 5.57. The number of carbonyl (C=O) groups excluding carboxylic acids is 1. The van der Waals surface area contributed by atoms with E-state index in [0.717, 1.165) is 0 Å². The lowest BCUT2D eigenvalue weighted by Crippen LogP contribution is -1.99. The van der Waals surface area contributed by atoms with Gasteiger partial charge in [0.05, 0.1) is 18.2 Å². The fraction of sp³-hybridized carbons (Fsp3) is 0.0667. The normalized spacial score (nSPS) is 8.89. The topological polar surface area (TPSA) is 63.6 Å². The van der Waals surface area contributed by atoms with Crippen LogP contribution in [0.4, 0.5) is 0 Å². The molecule has 0 amide bonds. The maximum absolute atomic E-state index is 10.8. The molecule has 0 unspecified atom stereocenters. The number of ether oxygens (including phenoxy) is 1. The number of carbonyl (C=O) groups is 2. The lowest BCUT2D eigenvalue weighted by atomic mass is 10.2. The second kappa shape index (κ2) is 7.66. The average Bonchev–Trinajstić information content (AvgIpc) is 2.49. The predicted molar refractivity (Wildman–Crippen MR) is 71.2 cm³/mol. The van der Waals surface area contributed by atoms with Crippen molar-refractivity contribution >= 4 is 11.9 Å². The molecule has 4 heteroatoms. The molecule has 0 saturated heterocycles. The van der Waals surface area contributed by atoms with Gasteiger partial charge in [-0.1, -0.05) is 36.4 Å². The SMILES string of the molecule is COC(=O)c1ccccc1.O=C(O)c1ccccc1. The Morgan fingerprint density at radius 2 is 1.26 bits per heavy atom. The van der Waals surface area contributed by atoms with Gasteiger partial charge in [-0.05, 0) is 24.3 Å². The fourth-order valence-electron chi connectivity index (χ4n) is 1.27. The second-order valence-electron chi connectivity index (χ2n) is 3.53. The van der Waals surface area contributed by atoms with Gasteiger partial charge < -0.3 is 9.84 Å². The molecule has 0 fully saturated rings. The van der Waals surface area contributed by atoms with Gasteiger partial charge in [-0.15, -0.1) is 0 Å². The van der Waals surface area contributed by atoms with Gasteiger partial charge in [-0.3, -0.25) is 0 Å². The highest BCUT2D eigenvalue weighted by Gasteiger charge is 2.00. The maximum atomic E-state index is 10.8. The number of aromatic carboxylic acids is 1. The lowest BCUT2D eigenvalue weighted by molar-refractivity contribution is 0.0600. The van der Waals surface area contributed by atoms with Crippen molar-refractivity contribution in [3.05, 3.63) is 71.8 Å². The summed E-state index contributed by atoms with van der Waals surface area (Å²) >= 11 is 0. The number of esters is 1. The molecule has 0 saturated carbocycles. The molecule has 0 aromatic heterocycles. The molecule has 0 bridgehead atoms. The van der Waals surface area contributed by atoms with E-state index >= 15 is 0 Å². The van der Waals surface area contributed by atoms with Gasteiger partial charge >= 0.3 is 11.9 Å². The summed E-state index contributed by atoms with van der Waals surface area (Å²) in [6.07, 6.45) is 0. The molecule has 0 heterocycles. The third-order valence-corrected chi connectivity index (χ3v) is 2.22. The molecular weight excluding hydrogens is 244 g/mol. The van der Waals surface area contributed by atoms with Gasteiger partial charge in [0.1, 0.15) is 0 Å². The lowest BCUT2D eigenvalue weighted by Gasteiger charge is -1.95. The molecule has 19 heavy (non-hydrogen) atoms. The van der Waals surface area contributed by atoms with Gasteiger partial charge in [0.25, 0.3) is 0 Å². The molecular formula is C15H14O4. The van der Waals surface area contributed by atoms with E-state index in [2.05, 4.69) is 4.74 Å². The minimum atomic E-state index is -0.879. The smallest absolute Gasteiger partial charge is 0.337 e. The highest BCUT2D eigenvalue weighted by atomic mass is 16.5. The van der Waals surface area contributed by atoms with E-state index in [4.69, 9.17) is 5.11 Å². The average molecular weight is 258 g/mol. The van der Waals surface area contributed by atoms with E-state index in [0.29, 0.717) is 11.1 Å². The Hall–Kier alpha value is -2.62. The zero-order valence-electron chi connectivity index (χ0n) is 10.4. The van der Waals surface area contributed by atoms with Crippen LogP contribution in [-0.2, 0) is 4.74 Å². The van der Waals surface area contributed by atoms with E-state index in [1.165, 1.54) is 7.11 Å². The third kappa shape index (κ3) is 5.04. The van der Waals surface area contributed by atoms with Crippen LogP contribution >= 0.6 is 0 Å². The minimum absolute atomic E-state index is 0.291. The summed E-state index contributed by atoms with van der Waals surface area (Å²) in [4.78, 5) is 21.0. The third-order valence-electron chi connectivity index (χ3n) is 2.22. The van der Waals surface area contributed by atoms with E-state index < -0.39 is 5.97 Å². The molecule has 2 rings (SSSR count). The Morgan fingerprint density at radius 1 is 0.842 bits per heavy atom. The molecule has 2 aromatic carbocycles. The van der Waals surface area contributed by atoms with Crippen LogP contribution in [0.15, 0.2) is 60.7 Å². The number of carboxylic acid groups (broad SMARTS) is 1. The van der Waals surface area contributed by atoms with E-state index in [1.54, 1.807) is 54.6 Å². The number of methoxy groups -OCH3 is 1. The molecule has 98 valence electrons. The summed E-state index contributed by atoms with van der Waals surface area (Å²) in [7, 11) is 1.37. The Labute approximate surface area is 111 Å². The molecule has 1 N–H and O–H groups in total. The standard InChI is InChI=1S/C8H8O2.C7H6O2/c1-10-8(9)7-5-3-2-4-6-7;8-7(9)6-4-2-1-3-5-6/h2-6H,1H3;1-5H,(H,8,9). The van der Waals surface area contributed by atoms with Crippen molar-refractivity contribution in [2.45, 2.75) is 0 Å². The summed E-state index contributed by atoms with van der Waals surface area (Å²) in [5.74, 6) is -1.17. The molecule has 0 atom stereocenters. The van der Waals surface area contributed by atoms with Crippen LogP contribution in [-0.4, -0.2) is 24.2 Å². The zero-order chi connectivity index (χ0) is 14.1. The van der Waals surface area contributed by atoms with Crippen LogP contribution < -0.4 is 0 Å². The molecule has 0 aliphatic carbocycles. The van der Waals surface area contributed by atoms with E-state index in [-0.39, 0.29) is 5.97 Å². The molecule has 0 aliphatic heterocycles. The van der Waals surface area contributed by atoms with Crippen molar-refractivity contribution in [1.29, 1.82) is 0 Å². The van der Waals surface area contributed by atoms with Crippen molar-refractivity contribution in [3.8, 4) is 0 Å². The number of benzene rings is 2. The highest BCUT2D eigenvalue weighted by Crippen LogP contribution is 1.99. The Morgan fingerprint density at radius 3 is 1.58 bits per heavy atom. The molecule has 0 radical (unpaired) electrons. The summed E-state index contributed by atoms with van der Waals surface area (Å²) in [6.45, 7) is 0. The first kappa shape index (κ1) is 14.4. The Kier molecular flexibility index (Phi) is 5.82. The summed E-state index contributed by atoms with van der Waals surface area (Å²) in [5, 5.41) is 8.38. The number of rotatable bonds is 2. The monoisotopic (exact) mass is 258 g/mol. The number of hydrogen-bond donors (Lipinski definition) is 1. The summed E-state index contributed by atoms with van der Waals surface area (Å²) in [5.41, 5.74) is 0.919. The van der Waals surface area contributed by atoms with Gasteiger partial charge in [0, 0.05) is 0 Å². The van der Waals surface area contributed by atoms with Crippen molar-refractivity contribution in [2.75, 3.05) is 7.11 Å². The summed E-state index contributed by atoms with van der Waals surface area (Å²) in [6, 6.07) is 17.2. The second-order valence-corrected chi connectivity index (χ2v) is 3.53. The van der Waals surface area contributed by atoms with Crippen molar-refractivity contribution in [3.63, 3.8) is 0 Å². The molecule has 4 nitrogen and oxygen atoms in total. The van der Waals surface area contributed by atoms with E-state index in [9.17, 15) is 9.59 Å². The quantitative estimate of drug-likeness (QED) is 0.841. The van der Waals surface area contributed by atoms with Crippen molar-refractivity contribution < 1.29 is 19.4 Å². The van der Waals surface area contributed by atoms with Gasteiger partial charge in [-0.2, -0.15) is 0 Å². The predicted octanol–water partition coefficient (Wildman–Crippen LogP) is 2.86. The first-order valence-corrected chi connectivity index (χ1v) is 5.57. The van der Waals surface area contributed by atoms with Crippen LogP contribution in [0.2, 0.25) is 0 Å². The highest BCUT2D eigenvalue weighted by molar-refractivity contribution is 5.89. The molecule has 0 spiro atoms. The molecule has 2 aromatic rings.